The van der Waals surface area contributed by atoms with Crippen LogP contribution in [0.3, 0.4) is 0 Å². The summed E-state index contributed by atoms with van der Waals surface area (Å²) in [7, 11) is 0. The van der Waals surface area contributed by atoms with Crippen LogP contribution in [0.25, 0.3) is 0 Å². The number of likely N-dealkylation sites (tertiary alicyclic amines) is 1. The maximum absolute atomic E-state index is 5.80. The minimum absolute atomic E-state index is 0.324. The molecule has 1 fully saturated rings. The Morgan fingerprint density at radius 1 is 1.40 bits per heavy atom. The molecule has 0 aromatic carbocycles. The predicted octanol–water partition coefficient (Wildman–Crippen LogP) is 2.48. The molecule has 0 radical (unpaired) electrons. The summed E-state index contributed by atoms with van der Waals surface area (Å²) in [5.41, 5.74) is 6.13. The van der Waals surface area contributed by atoms with Gasteiger partial charge < -0.3 is 10.6 Å². The summed E-state index contributed by atoms with van der Waals surface area (Å²) in [5.74, 6) is 0.861. The van der Waals surface area contributed by atoms with Crippen LogP contribution in [0.1, 0.15) is 47.0 Å². The van der Waals surface area contributed by atoms with Crippen molar-refractivity contribution in [1.82, 2.24) is 4.90 Å². The molecule has 1 aliphatic heterocycles. The van der Waals surface area contributed by atoms with Crippen LogP contribution >= 0.6 is 0 Å². The number of hydrogen-bond donors (Lipinski definition) is 1. The molecule has 1 saturated heterocycles. The fraction of sp³-hybridized carbons (Fsp3) is 1.00. The molecule has 0 amide bonds. The molecule has 2 heteroatoms. The van der Waals surface area contributed by atoms with E-state index in [0.29, 0.717) is 11.5 Å². The van der Waals surface area contributed by atoms with Crippen molar-refractivity contribution in [3.63, 3.8) is 0 Å². The fourth-order valence-corrected chi connectivity index (χ4v) is 2.60. The van der Waals surface area contributed by atoms with E-state index in [4.69, 9.17) is 5.73 Å². The molecule has 2 nitrogen and oxygen atoms in total. The van der Waals surface area contributed by atoms with Gasteiger partial charge in [-0.15, -0.1) is 0 Å². The van der Waals surface area contributed by atoms with Crippen molar-refractivity contribution in [1.29, 1.82) is 0 Å². The maximum atomic E-state index is 5.80. The summed E-state index contributed by atoms with van der Waals surface area (Å²) >= 11 is 0. The minimum Gasteiger partial charge on any atom is -0.330 e. The van der Waals surface area contributed by atoms with Crippen LogP contribution in [0, 0.1) is 11.3 Å². The van der Waals surface area contributed by atoms with Gasteiger partial charge in [0.15, 0.2) is 0 Å². The number of rotatable bonds is 4. The van der Waals surface area contributed by atoms with E-state index in [-0.39, 0.29) is 0 Å². The van der Waals surface area contributed by atoms with Gasteiger partial charge in [-0.3, -0.25) is 0 Å². The predicted molar refractivity (Wildman–Crippen MR) is 66.9 cm³/mol. The van der Waals surface area contributed by atoms with E-state index >= 15 is 0 Å². The first-order valence-corrected chi connectivity index (χ1v) is 6.39. The Bertz CT molecular complexity index is 187. The Hall–Kier alpha value is -0.0800. The first-order valence-electron chi connectivity index (χ1n) is 6.39. The highest BCUT2D eigenvalue weighted by Gasteiger charge is 2.27. The Kier molecular flexibility index (Phi) is 4.60. The molecule has 2 N–H and O–H groups in total. The van der Waals surface area contributed by atoms with Crippen molar-refractivity contribution in [3.05, 3.63) is 0 Å². The molecule has 1 heterocycles. The lowest BCUT2D eigenvalue weighted by molar-refractivity contribution is 0.112. The van der Waals surface area contributed by atoms with Crippen LogP contribution in [0.4, 0.5) is 0 Å². The lowest BCUT2D eigenvalue weighted by atomic mass is 9.79. The summed E-state index contributed by atoms with van der Waals surface area (Å²) < 4.78 is 0. The molecule has 1 rings (SSSR count). The second-order valence-corrected chi connectivity index (χ2v) is 6.17. The zero-order valence-electron chi connectivity index (χ0n) is 10.9. The molecule has 0 bridgehead atoms. The first kappa shape index (κ1) is 13.0. The van der Waals surface area contributed by atoms with Gasteiger partial charge in [-0.05, 0) is 57.5 Å². The number of hydrogen-bond acceptors (Lipinski definition) is 2. The highest BCUT2D eigenvalue weighted by Crippen LogP contribution is 2.30. The van der Waals surface area contributed by atoms with Crippen molar-refractivity contribution >= 4 is 0 Å². The van der Waals surface area contributed by atoms with Crippen molar-refractivity contribution in [2.75, 3.05) is 19.6 Å². The lowest BCUT2D eigenvalue weighted by Gasteiger charge is -2.38. The minimum atomic E-state index is 0.324. The van der Waals surface area contributed by atoms with Gasteiger partial charge in [-0.25, -0.2) is 0 Å². The number of piperidine rings is 1. The van der Waals surface area contributed by atoms with Crippen molar-refractivity contribution in [3.8, 4) is 0 Å². The summed E-state index contributed by atoms with van der Waals surface area (Å²) in [5, 5.41) is 0. The molecular weight excluding hydrogens is 184 g/mol. The van der Waals surface area contributed by atoms with Crippen molar-refractivity contribution in [2.45, 2.75) is 53.0 Å². The van der Waals surface area contributed by atoms with E-state index in [9.17, 15) is 0 Å². The highest BCUT2D eigenvalue weighted by atomic mass is 15.2. The molecule has 1 atom stereocenters. The Labute approximate surface area is 95.2 Å². The SMILES string of the molecule is CC(C)N1CCCC(CC(C)(C)CN)C1. The smallest absolute Gasteiger partial charge is 0.00387 e. The second-order valence-electron chi connectivity index (χ2n) is 6.17. The molecule has 0 aromatic heterocycles. The van der Waals surface area contributed by atoms with Gasteiger partial charge in [-0.2, -0.15) is 0 Å². The third-order valence-electron chi connectivity index (χ3n) is 3.67. The van der Waals surface area contributed by atoms with E-state index in [2.05, 4.69) is 32.6 Å². The van der Waals surface area contributed by atoms with E-state index in [1.165, 1.54) is 32.4 Å². The summed E-state index contributed by atoms with van der Waals surface area (Å²) in [6, 6.07) is 0.703. The summed E-state index contributed by atoms with van der Waals surface area (Å²) in [6.07, 6.45) is 4.04. The van der Waals surface area contributed by atoms with E-state index in [1.54, 1.807) is 0 Å². The highest BCUT2D eigenvalue weighted by molar-refractivity contribution is 4.80. The Morgan fingerprint density at radius 2 is 2.07 bits per heavy atom. The molecule has 15 heavy (non-hydrogen) atoms. The Balaban J connectivity index is 2.43. The maximum Gasteiger partial charge on any atom is 0.00387 e. The summed E-state index contributed by atoms with van der Waals surface area (Å²) in [6.45, 7) is 12.6. The van der Waals surface area contributed by atoms with Gasteiger partial charge in [0.2, 0.25) is 0 Å². The molecule has 0 aromatic rings. The normalized spacial score (nSPS) is 24.8. The third-order valence-corrected chi connectivity index (χ3v) is 3.67. The van der Waals surface area contributed by atoms with Crippen LogP contribution in [-0.2, 0) is 0 Å². The Morgan fingerprint density at radius 3 is 2.60 bits per heavy atom. The quantitative estimate of drug-likeness (QED) is 0.776. The van der Waals surface area contributed by atoms with Gasteiger partial charge in [-0.1, -0.05) is 13.8 Å². The van der Waals surface area contributed by atoms with E-state index < -0.39 is 0 Å². The van der Waals surface area contributed by atoms with Crippen LogP contribution in [-0.4, -0.2) is 30.6 Å². The van der Waals surface area contributed by atoms with Crippen LogP contribution in [0.15, 0.2) is 0 Å². The van der Waals surface area contributed by atoms with Gasteiger partial charge in [0.05, 0.1) is 0 Å². The van der Waals surface area contributed by atoms with Crippen molar-refractivity contribution in [2.24, 2.45) is 17.1 Å². The van der Waals surface area contributed by atoms with Crippen LogP contribution in [0.2, 0.25) is 0 Å². The van der Waals surface area contributed by atoms with Gasteiger partial charge in [0.1, 0.15) is 0 Å². The molecule has 0 spiro atoms. The van der Waals surface area contributed by atoms with Crippen LogP contribution < -0.4 is 5.73 Å². The average Bonchev–Trinajstić information content (AvgIpc) is 2.17. The topological polar surface area (TPSA) is 29.3 Å². The summed E-state index contributed by atoms with van der Waals surface area (Å²) in [4.78, 5) is 2.61. The zero-order valence-corrected chi connectivity index (χ0v) is 10.9. The molecule has 1 unspecified atom stereocenters. The second kappa shape index (κ2) is 5.31. The third kappa shape index (κ3) is 4.12. The van der Waals surface area contributed by atoms with E-state index in [1.807, 2.05) is 0 Å². The molecule has 0 aliphatic carbocycles. The standard InChI is InChI=1S/C13H28N2/c1-11(2)15-7-5-6-12(9-15)8-13(3,4)10-14/h11-12H,5-10,14H2,1-4H3. The monoisotopic (exact) mass is 212 g/mol. The zero-order chi connectivity index (χ0) is 11.5. The first-order chi connectivity index (χ1) is 6.94. The van der Waals surface area contributed by atoms with Gasteiger partial charge >= 0.3 is 0 Å². The van der Waals surface area contributed by atoms with Gasteiger partial charge in [0, 0.05) is 12.6 Å². The lowest BCUT2D eigenvalue weighted by Crippen LogP contribution is -2.41. The number of nitrogens with zero attached hydrogens (tertiary/aromatic N) is 1. The van der Waals surface area contributed by atoms with Crippen LogP contribution in [0.5, 0.6) is 0 Å². The average molecular weight is 212 g/mol. The van der Waals surface area contributed by atoms with Crippen molar-refractivity contribution < 1.29 is 0 Å². The number of nitrogens with two attached hydrogens (primary N) is 1. The largest absolute Gasteiger partial charge is 0.330 e. The van der Waals surface area contributed by atoms with E-state index in [0.717, 1.165) is 12.5 Å². The van der Waals surface area contributed by atoms with Gasteiger partial charge in [0.25, 0.3) is 0 Å². The molecule has 1 aliphatic rings. The fourth-order valence-electron chi connectivity index (χ4n) is 2.60. The molecule has 90 valence electrons. The molecule has 0 saturated carbocycles. The molecular formula is C13H28N2.